The van der Waals surface area contributed by atoms with E-state index >= 15 is 0 Å². The molecule has 0 fully saturated rings. The van der Waals surface area contributed by atoms with Crippen LogP contribution in [0.4, 0.5) is 4.39 Å². The van der Waals surface area contributed by atoms with Gasteiger partial charge >= 0.3 is 17.7 Å². The Balaban J connectivity index is 2.57. The lowest BCUT2D eigenvalue weighted by Gasteiger charge is -2.05. The van der Waals surface area contributed by atoms with Crippen molar-refractivity contribution < 1.29 is 18.7 Å². The normalized spacial score (nSPS) is 10.2. The Morgan fingerprint density at radius 1 is 1.25 bits per heavy atom. The van der Waals surface area contributed by atoms with Gasteiger partial charge in [0, 0.05) is 5.56 Å². The lowest BCUT2D eigenvalue weighted by molar-refractivity contribution is 0.0600. The first-order valence-corrected chi connectivity index (χ1v) is 5.45. The third kappa shape index (κ3) is 2.79. The van der Waals surface area contributed by atoms with E-state index in [4.69, 9.17) is 4.74 Å². The van der Waals surface area contributed by atoms with Gasteiger partial charge in [-0.15, -0.1) is 4.98 Å². The van der Waals surface area contributed by atoms with Crippen LogP contribution in [0.1, 0.15) is 10.4 Å². The molecule has 0 unspecified atom stereocenters. The molecule has 2 rings (SSSR count). The monoisotopic (exact) mass is 279 g/mol. The molecule has 0 aliphatic rings. The molecule has 20 heavy (non-hydrogen) atoms. The van der Waals surface area contributed by atoms with E-state index < -0.39 is 17.5 Å². The summed E-state index contributed by atoms with van der Waals surface area (Å²) in [7, 11) is 2.48. The van der Waals surface area contributed by atoms with Gasteiger partial charge in [-0.3, -0.25) is 4.98 Å². The number of H-pyrrole nitrogens is 1. The molecule has 0 spiro atoms. The highest BCUT2D eigenvalue weighted by atomic mass is 19.1. The number of aromatic nitrogens is 3. The van der Waals surface area contributed by atoms with Gasteiger partial charge in [0.1, 0.15) is 11.6 Å². The van der Waals surface area contributed by atoms with Crippen LogP contribution in [-0.4, -0.2) is 35.1 Å². The number of methoxy groups -OCH3 is 2. The van der Waals surface area contributed by atoms with Crippen LogP contribution in [-0.2, 0) is 4.74 Å². The van der Waals surface area contributed by atoms with Crippen LogP contribution in [0.3, 0.4) is 0 Å². The Bertz CT molecular complexity index is 714. The smallest absolute Gasteiger partial charge is 0.351 e. The number of halogens is 1. The quantitative estimate of drug-likeness (QED) is 0.834. The molecule has 1 N–H and O–H groups in total. The standard InChI is InChI=1S/C12H10FN3O4/c1-19-10(17)7-3-6(4-8(13)5-7)9-14-11(18)16-12(15-9)20-2/h3-5H,1-2H3,(H,14,15,16,18). The summed E-state index contributed by atoms with van der Waals surface area (Å²) in [6.07, 6.45) is 0. The predicted octanol–water partition coefficient (Wildman–Crippen LogP) is 0.766. The zero-order chi connectivity index (χ0) is 14.7. The molecule has 0 radical (unpaired) electrons. The summed E-state index contributed by atoms with van der Waals surface area (Å²) in [5.74, 6) is -1.33. The average Bonchev–Trinajstić information content (AvgIpc) is 2.45. The van der Waals surface area contributed by atoms with Crippen LogP contribution in [0, 0.1) is 5.82 Å². The van der Waals surface area contributed by atoms with Crippen molar-refractivity contribution in [3.8, 4) is 17.4 Å². The highest BCUT2D eigenvalue weighted by molar-refractivity contribution is 5.90. The molecule has 1 aromatic carbocycles. The Morgan fingerprint density at radius 3 is 2.65 bits per heavy atom. The van der Waals surface area contributed by atoms with Gasteiger partial charge in [0.2, 0.25) is 0 Å². The van der Waals surface area contributed by atoms with Crippen molar-refractivity contribution in [2.24, 2.45) is 0 Å². The third-order valence-corrected chi connectivity index (χ3v) is 2.40. The minimum Gasteiger partial charge on any atom is -0.467 e. The van der Waals surface area contributed by atoms with Crippen LogP contribution < -0.4 is 10.4 Å². The van der Waals surface area contributed by atoms with Gasteiger partial charge in [0.15, 0.2) is 0 Å². The molecule has 0 atom stereocenters. The number of aromatic amines is 1. The number of esters is 1. The van der Waals surface area contributed by atoms with Gasteiger partial charge in [-0.05, 0) is 18.2 Å². The van der Waals surface area contributed by atoms with Crippen molar-refractivity contribution in [1.29, 1.82) is 0 Å². The summed E-state index contributed by atoms with van der Waals surface area (Å²) in [5.41, 5.74) is -0.500. The van der Waals surface area contributed by atoms with Crippen LogP contribution >= 0.6 is 0 Å². The number of benzene rings is 1. The molecular formula is C12H10FN3O4. The molecule has 2 aromatic rings. The molecule has 0 aliphatic heterocycles. The highest BCUT2D eigenvalue weighted by Gasteiger charge is 2.12. The molecule has 7 nitrogen and oxygen atoms in total. The van der Waals surface area contributed by atoms with E-state index in [9.17, 15) is 14.0 Å². The molecule has 8 heteroatoms. The van der Waals surface area contributed by atoms with Gasteiger partial charge < -0.3 is 9.47 Å². The van der Waals surface area contributed by atoms with E-state index in [1.54, 1.807) is 0 Å². The summed E-state index contributed by atoms with van der Waals surface area (Å²) in [5, 5.41) is 0. The van der Waals surface area contributed by atoms with Crippen molar-refractivity contribution in [3.05, 3.63) is 40.1 Å². The number of ether oxygens (including phenoxy) is 2. The van der Waals surface area contributed by atoms with Crippen molar-refractivity contribution in [3.63, 3.8) is 0 Å². The fourth-order valence-electron chi connectivity index (χ4n) is 1.55. The van der Waals surface area contributed by atoms with Crippen molar-refractivity contribution in [2.45, 2.75) is 0 Å². The Hall–Kier alpha value is -2.77. The summed E-state index contributed by atoms with van der Waals surface area (Å²) in [6.45, 7) is 0. The number of rotatable bonds is 3. The van der Waals surface area contributed by atoms with E-state index in [1.165, 1.54) is 20.3 Å². The highest BCUT2D eigenvalue weighted by Crippen LogP contribution is 2.19. The second-order valence-electron chi connectivity index (χ2n) is 3.71. The Labute approximate surface area is 112 Å². The summed E-state index contributed by atoms with van der Waals surface area (Å²) < 4.78 is 22.8. The molecule has 0 saturated carbocycles. The van der Waals surface area contributed by atoms with Gasteiger partial charge in [-0.1, -0.05) is 0 Å². The van der Waals surface area contributed by atoms with E-state index in [1.807, 2.05) is 0 Å². The van der Waals surface area contributed by atoms with E-state index in [0.29, 0.717) is 0 Å². The largest absolute Gasteiger partial charge is 0.467 e. The second kappa shape index (κ2) is 5.47. The number of hydrogen-bond donors (Lipinski definition) is 1. The minimum atomic E-state index is -0.700. The predicted molar refractivity (Wildman–Crippen MR) is 65.9 cm³/mol. The fourth-order valence-corrected chi connectivity index (χ4v) is 1.55. The first-order valence-electron chi connectivity index (χ1n) is 5.45. The van der Waals surface area contributed by atoms with Crippen molar-refractivity contribution in [2.75, 3.05) is 14.2 Å². The van der Waals surface area contributed by atoms with E-state index in [0.717, 1.165) is 12.1 Å². The zero-order valence-electron chi connectivity index (χ0n) is 10.6. The molecule has 0 amide bonds. The number of nitrogens with zero attached hydrogens (tertiary/aromatic N) is 2. The minimum absolute atomic E-state index is 0.000859. The molecule has 0 aliphatic carbocycles. The van der Waals surface area contributed by atoms with Crippen LogP contribution in [0.25, 0.3) is 11.4 Å². The SMILES string of the molecule is COC(=O)c1cc(F)cc(-c2nc(OC)nc(=O)[nH]2)c1. The molecule has 0 bridgehead atoms. The molecule has 1 heterocycles. The second-order valence-corrected chi connectivity index (χ2v) is 3.71. The first kappa shape index (κ1) is 13.7. The number of carbonyl (C=O) groups excluding carboxylic acids is 1. The zero-order valence-corrected chi connectivity index (χ0v) is 10.6. The summed E-state index contributed by atoms with van der Waals surface area (Å²) in [6, 6.07) is 3.32. The first-order chi connectivity index (χ1) is 9.53. The lowest BCUT2D eigenvalue weighted by atomic mass is 10.1. The number of carbonyl (C=O) groups is 1. The maximum Gasteiger partial charge on any atom is 0.351 e. The van der Waals surface area contributed by atoms with Crippen LogP contribution in [0.5, 0.6) is 6.01 Å². The Kier molecular flexibility index (Phi) is 3.74. The lowest BCUT2D eigenvalue weighted by Crippen LogP contribution is -2.14. The van der Waals surface area contributed by atoms with Gasteiger partial charge in [-0.2, -0.15) is 4.98 Å². The molecule has 1 aromatic heterocycles. The summed E-state index contributed by atoms with van der Waals surface area (Å²) in [4.78, 5) is 32.4. The van der Waals surface area contributed by atoms with Crippen LogP contribution in [0.2, 0.25) is 0 Å². The van der Waals surface area contributed by atoms with Gasteiger partial charge in [0.25, 0.3) is 0 Å². The maximum absolute atomic E-state index is 13.5. The Morgan fingerprint density at radius 2 is 2.00 bits per heavy atom. The maximum atomic E-state index is 13.5. The third-order valence-electron chi connectivity index (χ3n) is 2.40. The number of hydrogen-bond acceptors (Lipinski definition) is 6. The topological polar surface area (TPSA) is 94.2 Å². The number of nitrogens with one attached hydrogen (secondary N) is 1. The van der Waals surface area contributed by atoms with Gasteiger partial charge in [0.05, 0.1) is 19.8 Å². The fraction of sp³-hybridized carbons (Fsp3) is 0.167. The summed E-state index contributed by atoms with van der Waals surface area (Å²) >= 11 is 0. The molecular weight excluding hydrogens is 269 g/mol. The van der Waals surface area contributed by atoms with E-state index in [-0.39, 0.29) is 23.0 Å². The van der Waals surface area contributed by atoms with Crippen molar-refractivity contribution in [1.82, 2.24) is 15.0 Å². The average molecular weight is 279 g/mol. The van der Waals surface area contributed by atoms with Crippen LogP contribution in [0.15, 0.2) is 23.0 Å². The van der Waals surface area contributed by atoms with Crippen molar-refractivity contribution >= 4 is 5.97 Å². The van der Waals surface area contributed by atoms with E-state index in [2.05, 4.69) is 19.7 Å². The molecule has 0 saturated heterocycles. The molecule has 104 valence electrons. The van der Waals surface area contributed by atoms with Gasteiger partial charge in [-0.25, -0.2) is 14.0 Å².